The lowest BCUT2D eigenvalue weighted by Gasteiger charge is -2.32. The molecule has 0 spiro atoms. The van der Waals surface area contributed by atoms with Gasteiger partial charge in [-0.25, -0.2) is 8.42 Å². The summed E-state index contributed by atoms with van der Waals surface area (Å²) >= 11 is 0. The van der Waals surface area contributed by atoms with Gasteiger partial charge in [0.2, 0.25) is 10.0 Å². The molecular formula is C15H21NO4S. The fraction of sp³-hybridized carbons (Fsp3) is 0.533. The van der Waals surface area contributed by atoms with Gasteiger partial charge in [0.25, 0.3) is 0 Å². The monoisotopic (exact) mass is 311 g/mol. The molecule has 0 saturated carbocycles. The fourth-order valence-electron chi connectivity index (χ4n) is 2.60. The topological polar surface area (TPSA) is 63.7 Å². The highest BCUT2D eigenvalue weighted by Gasteiger charge is 2.38. The van der Waals surface area contributed by atoms with Gasteiger partial charge in [0, 0.05) is 6.54 Å². The Morgan fingerprint density at radius 1 is 1.29 bits per heavy atom. The summed E-state index contributed by atoms with van der Waals surface area (Å²) in [6.07, 6.45) is 2.97. The molecule has 0 amide bonds. The number of benzene rings is 1. The molecule has 0 radical (unpaired) electrons. The molecule has 0 aromatic heterocycles. The third kappa shape index (κ3) is 3.27. The molecule has 0 bridgehead atoms. The number of hydrogen-bond acceptors (Lipinski definition) is 4. The number of carbonyl (C=O) groups excluding carboxylic acids is 1. The second kappa shape index (κ2) is 6.58. The van der Waals surface area contributed by atoms with Crippen molar-refractivity contribution in [2.45, 2.75) is 43.5 Å². The number of methoxy groups -OCH3 is 1. The van der Waals surface area contributed by atoms with Gasteiger partial charge in [-0.05, 0) is 43.4 Å². The molecule has 0 N–H and O–H groups in total. The van der Waals surface area contributed by atoms with E-state index in [0.29, 0.717) is 13.0 Å². The van der Waals surface area contributed by atoms with Crippen LogP contribution in [0, 0.1) is 0 Å². The van der Waals surface area contributed by atoms with E-state index in [2.05, 4.69) is 0 Å². The van der Waals surface area contributed by atoms with Gasteiger partial charge in [-0.15, -0.1) is 0 Å². The maximum absolute atomic E-state index is 12.7. The van der Waals surface area contributed by atoms with Gasteiger partial charge >= 0.3 is 5.97 Å². The second-order valence-electron chi connectivity index (χ2n) is 5.15. The van der Waals surface area contributed by atoms with Gasteiger partial charge in [-0.1, -0.05) is 19.1 Å². The fourth-order valence-corrected chi connectivity index (χ4v) is 4.24. The normalized spacial score (nSPS) is 20.2. The average Bonchev–Trinajstić information content (AvgIpc) is 2.54. The quantitative estimate of drug-likeness (QED) is 0.798. The van der Waals surface area contributed by atoms with Crippen LogP contribution in [0.25, 0.3) is 0 Å². The molecule has 1 aliphatic rings. The third-order valence-electron chi connectivity index (χ3n) is 3.87. The van der Waals surface area contributed by atoms with Crippen LogP contribution in [0.4, 0.5) is 0 Å². The molecule has 1 unspecified atom stereocenters. The van der Waals surface area contributed by atoms with Crippen LogP contribution in [0.5, 0.6) is 0 Å². The number of esters is 1. The summed E-state index contributed by atoms with van der Waals surface area (Å²) < 4.78 is 31.5. The van der Waals surface area contributed by atoms with E-state index < -0.39 is 22.0 Å². The number of ether oxygens (including phenoxy) is 1. The molecule has 2 rings (SSSR count). The molecule has 6 heteroatoms. The van der Waals surface area contributed by atoms with E-state index in [-0.39, 0.29) is 4.90 Å². The highest BCUT2D eigenvalue weighted by molar-refractivity contribution is 7.89. The van der Waals surface area contributed by atoms with Gasteiger partial charge in [0.15, 0.2) is 0 Å². The number of sulfonamides is 1. The van der Waals surface area contributed by atoms with Crippen molar-refractivity contribution in [1.82, 2.24) is 4.31 Å². The van der Waals surface area contributed by atoms with Crippen LogP contribution in [0.3, 0.4) is 0 Å². The Hall–Kier alpha value is -1.40. The molecule has 116 valence electrons. The Balaban J connectivity index is 2.33. The molecule has 0 aliphatic carbocycles. The summed E-state index contributed by atoms with van der Waals surface area (Å²) in [4.78, 5) is 12.1. The number of piperidine rings is 1. The van der Waals surface area contributed by atoms with Crippen LogP contribution in [0.15, 0.2) is 29.2 Å². The second-order valence-corrected chi connectivity index (χ2v) is 7.04. The van der Waals surface area contributed by atoms with Gasteiger partial charge in [0.1, 0.15) is 6.04 Å². The third-order valence-corrected chi connectivity index (χ3v) is 5.79. The van der Waals surface area contributed by atoms with Crippen molar-refractivity contribution in [1.29, 1.82) is 0 Å². The van der Waals surface area contributed by atoms with Crippen molar-refractivity contribution in [2.24, 2.45) is 0 Å². The van der Waals surface area contributed by atoms with Crippen molar-refractivity contribution >= 4 is 16.0 Å². The van der Waals surface area contributed by atoms with Crippen LogP contribution in [0.2, 0.25) is 0 Å². The molecular weight excluding hydrogens is 290 g/mol. The molecule has 1 aliphatic heterocycles. The van der Waals surface area contributed by atoms with Crippen molar-refractivity contribution in [3.05, 3.63) is 29.8 Å². The van der Waals surface area contributed by atoms with Crippen molar-refractivity contribution in [2.75, 3.05) is 13.7 Å². The lowest BCUT2D eigenvalue weighted by molar-refractivity contribution is -0.146. The van der Waals surface area contributed by atoms with E-state index in [0.717, 1.165) is 24.8 Å². The summed E-state index contributed by atoms with van der Waals surface area (Å²) in [5, 5.41) is 0. The van der Waals surface area contributed by atoms with Crippen LogP contribution in [-0.2, 0) is 26.0 Å². The van der Waals surface area contributed by atoms with E-state index in [4.69, 9.17) is 4.74 Å². The van der Waals surface area contributed by atoms with Crippen molar-refractivity contribution < 1.29 is 17.9 Å². The zero-order chi connectivity index (χ0) is 15.5. The summed E-state index contributed by atoms with van der Waals surface area (Å²) in [5.74, 6) is -0.483. The van der Waals surface area contributed by atoms with Gasteiger partial charge < -0.3 is 4.74 Å². The maximum atomic E-state index is 12.7. The van der Waals surface area contributed by atoms with E-state index in [9.17, 15) is 13.2 Å². The first-order chi connectivity index (χ1) is 10.0. The zero-order valence-electron chi connectivity index (χ0n) is 12.4. The number of aryl methyl sites for hydroxylation is 1. The smallest absolute Gasteiger partial charge is 0.324 e. The van der Waals surface area contributed by atoms with Crippen LogP contribution in [0.1, 0.15) is 31.7 Å². The van der Waals surface area contributed by atoms with Crippen LogP contribution < -0.4 is 0 Å². The SMILES string of the molecule is CCc1ccc(S(=O)(=O)N2CCCCC2C(=O)OC)cc1. The molecule has 1 fully saturated rings. The maximum Gasteiger partial charge on any atom is 0.324 e. The molecule has 1 aromatic carbocycles. The minimum atomic E-state index is -3.66. The van der Waals surface area contributed by atoms with Gasteiger partial charge in [-0.3, -0.25) is 4.79 Å². The first kappa shape index (κ1) is 16.0. The highest BCUT2D eigenvalue weighted by Crippen LogP contribution is 2.26. The van der Waals surface area contributed by atoms with Gasteiger partial charge in [-0.2, -0.15) is 4.31 Å². The molecule has 21 heavy (non-hydrogen) atoms. The van der Waals surface area contributed by atoms with E-state index >= 15 is 0 Å². The molecule has 1 aromatic rings. The van der Waals surface area contributed by atoms with E-state index in [1.807, 2.05) is 19.1 Å². The number of carbonyl (C=O) groups is 1. The number of hydrogen-bond donors (Lipinski definition) is 0. The molecule has 5 nitrogen and oxygen atoms in total. The predicted octanol–water partition coefficient (Wildman–Crippen LogP) is 1.97. The van der Waals surface area contributed by atoms with Gasteiger partial charge in [0.05, 0.1) is 12.0 Å². The standard InChI is InChI=1S/C15H21NO4S/c1-3-12-7-9-13(10-8-12)21(18,19)16-11-5-4-6-14(16)15(17)20-2/h7-10,14H,3-6,11H2,1-2H3. The average molecular weight is 311 g/mol. The van der Waals surface area contributed by atoms with Crippen LogP contribution in [-0.4, -0.2) is 38.4 Å². The minimum Gasteiger partial charge on any atom is -0.468 e. The Morgan fingerprint density at radius 2 is 1.95 bits per heavy atom. The highest BCUT2D eigenvalue weighted by atomic mass is 32.2. The molecule has 1 heterocycles. The largest absolute Gasteiger partial charge is 0.468 e. The van der Waals surface area contributed by atoms with Crippen molar-refractivity contribution in [3.8, 4) is 0 Å². The number of nitrogens with zero attached hydrogens (tertiary/aromatic N) is 1. The van der Waals surface area contributed by atoms with E-state index in [1.54, 1.807) is 12.1 Å². The first-order valence-corrected chi connectivity index (χ1v) is 8.63. The molecule has 1 atom stereocenters. The summed E-state index contributed by atoms with van der Waals surface area (Å²) in [6, 6.07) is 6.13. The summed E-state index contributed by atoms with van der Waals surface area (Å²) in [6.45, 7) is 2.37. The lowest BCUT2D eigenvalue weighted by Crippen LogP contribution is -2.48. The van der Waals surface area contributed by atoms with Crippen LogP contribution >= 0.6 is 0 Å². The Morgan fingerprint density at radius 3 is 2.52 bits per heavy atom. The molecule has 1 saturated heterocycles. The Labute approximate surface area is 126 Å². The number of rotatable bonds is 4. The Kier molecular flexibility index (Phi) is 5.00. The zero-order valence-corrected chi connectivity index (χ0v) is 13.2. The minimum absolute atomic E-state index is 0.232. The van der Waals surface area contributed by atoms with Crippen molar-refractivity contribution in [3.63, 3.8) is 0 Å². The summed E-state index contributed by atoms with van der Waals surface area (Å²) in [5.41, 5.74) is 1.08. The first-order valence-electron chi connectivity index (χ1n) is 7.19. The Bertz CT molecular complexity index is 595. The van der Waals surface area contributed by atoms with E-state index in [1.165, 1.54) is 11.4 Å². The lowest BCUT2D eigenvalue weighted by atomic mass is 10.1. The summed E-state index contributed by atoms with van der Waals surface area (Å²) in [7, 11) is -2.37. The predicted molar refractivity (Wildman–Crippen MR) is 79.4 cm³/mol.